The maximum Gasteiger partial charge on any atom is 0.255 e. The lowest BCUT2D eigenvalue weighted by Gasteiger charge is -2.33. The average Bonchev–Trinajstić information content (AvgIpc) is 2.88. The van der Waals surface area contributed by atoms with Crippen LogP contribution >= 0.6 is 0 Å². The lowest BCUT2D eigenvalue weighted by atomic mass is 10.0. The number of anilines is 1. The van der Waals surface area contributed by atoms with Crippen LogP contribution in [-0.2, 0) is 6.42 Å². The highest BCUT2D eigenvalue weighted by molar-refractivity contribution is 5.99. The van der Waals surface area contributed by atoms with E-state index in [1.807, 2.05) is 18.2 Å². The van der Waals surface area contributed by atoms with Crippen LogP contribution in [0.2, 0.25) is 0 Å². The van der Waals surface area contributed by atoms with Crippen molar-refractivity contribution < 1.29 is 9.18 Å². The van der Waals surface area contributed by atoms with Crippen LogP contribution < -0.4 is 16.0 Å². The van der Waals surface area contributed by atoms with Crippen molar-refractivity contribution in [2.24, 2.45) is 0 Å². The third-order valence-corrected chi connectivity index (χ3v) is 6.20. The van der Waals surface area contributed by atoms with Crippen LogP contribution in [0, 0.1) is 17.1 Å². The molecule has 3 aromatic rings. The molecule has 0 saturated carbocycles. The number of aromatic nitrogens is 1. The molecule has 0 radical (unpaired) electrons. The molecule has 1 aromatic heterocycles. The van der Waals surface area contributed by atoms with Crippen LogP contribution in [0.5, 0.6) is 0 Å². The van der Waals surface area contributed by atoms with Gasteiger partial charge in [-0.3, -0.25) is 9.69 Å². The molecule has 0 unspecified atom stereocenters. The highest BCUT2D eigenvalue weighted by Gasteiger charge is 2.21. The number of likely N-dealkylation sites (N-methyl/N-ethyl adjacent to an activating group) is 1. The van der Waals surface area contributed by atoms with Crippen molar-refractivity contribution in [2.75, 3.05) is 45.1 Å². The number of nitrogens with zero attached hydrogens (tertiary/aromatic N) is 3. The number of hydrogen-bond acceptors (Lipinski definition) is 6. The molecule has 3 N–H and O–H groups in total. The fraction of sp³-hybridized carbons (Fsp3) is 0.296. The maximum absolute atomic E-state index is 13.5. The largest absolute Gasteiger partial charge is 0.369 e. The molecule has 35 heavy (non-hydrogen) atoms. The van der Waals surface area contributed by atoms with E-state index in [0.717, 1.165) is 25.2 Å². The van der Waals surface area contributed by atoms with E-state index in [1.54, 1.807) is 30.3 Å². The molecule has 1 aliphatic rings. The van der Waals surface area contributed by atoms with Gasteiger partial charge in [-0.2, -0.15) is 5.26 Å². The van der Waals surface area contributed by atoms with Gasteiger partial charge in [0.25, 0.3) is 5.91 Å². The van der Waals surface area contributed by atoms with Gasteiger partial charge in [-0.05, 0) is 49.4 Å². The first-order chi connectivity index (χ1) is 17.0. The predicted octanol–water partition coefficient (Wildman–Crippen LogP) is 3.05. The molecule has 4 rings (SSSR count). The fourth-order valence-electron chi connectivity index (χ4n) is 4.15. The second kappa shape index (κ2) is 11.6. The van der Waals surface area contributed by atoms with Crippen LogP contribution in [0.3, 0.4) is 0 Å². The van der Waals surface area contributed by atoms with Gasteiger partial charge in [-0.25, -0.2) is 9.37 Å². The number of piperazine rings is 1. The van der Waals surface area contributed by atoms with Crippen molar-refractivity contribution in [1.29, 1.82) is 5.26 Å². The summed E-state index contributed by atoms with van der Waals surface area (Å²) in [5.41, 5.74) is 3.08. The van der Waals surface area contributed by atoms with Crippen LogP contribution in [-0.4, -0.2) is 61.6 Å². The Morgan fingerprint density at radius 1 is 1.23 bits per heavy atom. The zero-order valence-electron chi connectivity index (χ0n) is 19.7. The summed E-state index contributed by atoms with van der Waals surface area (Å²) < 4.78 is 13.5. The summed E-state index contributed by atoms with van der Waals surface area (Å²) in [5, 5.41) is 19.1. The molecule has 0 aliphatic carbocycles. The molecule has 2 aromatic carbocycles. The second-order valence-corrected chi connectivity index (χ2v) is 8.61. The van der Waals surface area contributed by atoms with Crippen LogP contribution in [0.1, 0.15) is 21.5 Å². The molecule has 0 bridgehead atoms. The van der Waals surface area contributed by atoms with E-state index in [2.05, 4.69) is 34.0 Å². The number of carbonyl (C=O) groups excluding carboxylic acids is 1. The minimum atomic E-state index is -0.280. The summed E-state index contributed by atoms with van der Waals surface area (Å²) in [6.07, 6.45) is 0.568. The Kier molecular flexibility index (Phi) is 8.03. The maximum atomic E-state index is 13.5. The van der Waals surface area contributed by atoms with Crippen molar-refractivity contribution >= 4 is 11.7 Å². The first kappa shape index (κ1) is 24.3. The number of nitrogens with one attached hydrogen (secondary N) is 3. The number of nitriles is 1. The van der Waals surface area contributed by atoms with Crippen molar-refractivity contribution in [3.8, 4) is 17.3 Å². The lowest BCUT2D eigenvalue weighted by Crippen LogP contribution is -2.53. The van der Waals surface area contributed by atoms with E-state index in [1.165, 1.54) is 12.1 Å². The Balaban J connectivity index is 1.55. The lowest BCUT2D eigenvalue weighted by molar-refractivity contribution is 0.0933. The van der Waals surface area contributed by atoms with Gasteiger partial charge in [-0.1, -0.05) is 30.3 Å². The monoisotopic (exact) mass is 472 g/mol. The molecule has 2 heterocycles. The highest BCUT2D eigenvalue weighted by Crippen LogP contribution is 2.25. The quantitative estimate of drug-likeness (QED) is 0.467. The fourth-order valence-corrected chi connectivity index (χ4v) is 4.15. The van der Waals surface area contributed by atoms with Gasteiger partial charge in [0.15, 0.2) is 0 Å². The van der Waals surface area contributed by atoms with Crippen LogP contribution in [0.15, 0.2) is 60.7 Å². The van der Waals surface area contributed by atoms with Gasteiger partial charge in [0.2, 0.25) is 0 Å². The van der Waals surface area contributed by atoms with Gasteiger partial charge in [0.1, 0.15) is 11.6 Å². The molecule has 1 atom stereocenters. The average molecular weight is 473 g/mol. The number of amides is 1. The smallest absolute Gasteiger partial charge is 0.255 e. The minimum Gasteiger partial charge on any atom is -0.369 e. The Hall–Kier alpha value is -3.80. The third-order valence-electron chi connectivity index (χ3n) is 6.20. The van der Waals surface area contributed by atoms with Crippen molar-refractivity contribution in [1.82, 2.24) is 20.5 Å². The molecule has 1 amide bonds. The summed E-state index contributed by atoms with van der Waals surface area (Å²) in [5.74, 6) is -0.0675. The summed E-state index contributed by atoms with van der Waals surface area (Å²) in [6, 6.07) is 19.6. The van der Waals surface area contributed by atoms with Gasteiger partial charge in [0, 0.05) is 44.3 Å². The first-order valence-electron chi connectivity index (χ1n) is 11.7. The highest BCUT2D eigenvalue weighted by atomic mass is 19.1. The van der Waals surface area contributed by atoms with Crippen LogP contribution in [0.25, 0.3) is 11.3 Å². The van der Waals surface area contributed by atoms with E-state index < -0.39 is 0 Å². The van der Waals surface area contributed by atoms with E-state index in [-0.39, 0.29) is 17.8 Å². The molecular weight excluding hydrogens is 443 g/mol. The van der Waals surface area contributed by atoms with Crippen molar-refractivity contribution in [3.05, 3.63) is 83.2 Å². The molecule has 1 aliphatic heterocycles. The number of hydrogen-bond donors (Lipinski definition) is 3. The topological polar surface area (TPSA) is 93.1 Å². The van der Waals surface area contributed by atoms with Gasteiger partial charge >= 0.3 is 0 Å². The van der Waals surface area contributed by atoms with Crippen LogP contribution in [0.4, 0.5) is 10.2 Å². The Morgan fingerprint density at radius 3 is 2.89 bits per heavy atom. The molecular formula is C27H29FN6O. The molecule has 1 fully saturated rings. The molecule has 0 spiro atoms. The summed E-state index contributed by atoms with van der Waals surface area (Å²) >= 11 is 0. The zero-order valence-corrected chi connectivity index (χ0v) is 19.7. The predicted molar refractivity (Wildman–Crippen MR) is 135 cm³/mol. The van der Waals surface area contributed by atoms with E-state index in [9.17, 15) is 14.4 Å². The number of benzene rings is 2. The molecule has 1 saturated heterocycles. The van der Waals surface area contributed by atoms with Gasteiger partial charge in [-0.15, -0.1) is 0 Å². The number of pyridine rings is 1. The van der Waals surface area contributed by atoms with E-state index >= 15 is 0 Å². The second-order valence-electron chi connectivity index (χ2n) is 8.61. The van der Waals surface area contributed by atoms with E-state index in [0.29, 0.717) is 47.7 Å². The zero-order chi connectivity index (χ0) is 24.6. The standard InChI is InChI=1S/C27H29FN6O/c1-34-14-13-30-17-22(34)18-32-27(35)24-9-10-25(23-8-3-2-6-20(23)16-29)33-26(24)31-12-11-19-5-4-7-21(28)15-19/h2-10,15,22,30H,11-14,17-18H2,1H3,(H,31,33)(H,32,35)/t22-/m1/s1. The Labute approximate surface area is 205 Å². The molecule has 180 valence electrons. The van der Waals surface area contributed by atoms with Gasteiger partial charge in [0.05, 0.1) is 22.9 Å². The normalized spacial score (nSPS) is 15.9. The summed E-state index contributed by atoms with van der Waals surface area (Å²) in [6.45, 7) is 3.68. The minimum absolute atomic E-state index is 0.215. The summed E-state index contributed by atoms with van der Waals surface area (Å²) in [4.78, 5) is 20.1. The Morgan fingerprint density at radius 2 is 2.09 bits per heavy atom. The molecule has 8 heteroatoms. The first-order valence-corrected chi connectivity index (χ1v) is 11.7. The number of carbonyl (C=O) groups is 1. The number of halogens is 1. The SMILES string of the molecule is CN1CCNC[C@@H]1CNC(=O)c1ccc(-c2ccccc2C#N)nc1NCCc1cccc(F)c1. The third kappa shape index (κ3) is 6.21. The Bertz CT molecular complexity index is 1220. The van der Waals surface area contributed by atoms with Gasteiger partial charge < -0.3 is 16.0 Å². The molecule has 7 nitrogen and oxygen atoms in total. The summed E-state index contributed by atoms with van der Waals surface area (Å²) in [7, 11) is 2.06. The number of rotatable bonds is 8. The van der Waals surface area contributed by atoms with Crippen molar-refractivity contribution in [2.45, 2.75) is 12.5 Å². The van der Waals surface area contributed by atoms with E-state index in [4.69, 9.17) is 4.98 Å². The van der Waals surface area contributed by atoms with Crippen molar-refractivity contribution in [3.63, 3.8) is 0 Å².